The monoisotopic (exact) mass is 682 g/mol. The summed E-state index contributed by atoms with van der Waals surface area (Å²) in [5.74, 6) is -5.93. The first kappa shape index (κ1) is 34.0. The van der Waals surface area contributed by atoms with E-state index in [4.69, 9.17) is 47.7 Å². The van der Waals surface area contributed by atoms with Crippen LogP contribution in [0.5, 0.6) is 5.75 Å². The largest absolute Gasteiger partial charge is 0.462 e. The maximum atomic E-state index is 15.6. The SMILES string of the molecule is CC(C)OC(=O)[C@H](C)NP(=S)(OC[C@@]1(C(F)F)O[C@@H](n2cc(Cl)c(N)nc2=O)[C@H](O)C1(F)F)Oc1ccc2ccccc2c1. The summed E-state index contributed by atoms with van der Waals surface area (Å²) in [6.45, 7) is -1.31. The van der Waals surface area contributed by atoms with Crippen molar-refractivity contribution in [1.29, 1.82) is 0 Å². The summed E-state index contributed by atoms with van der Waals surface area (Å²) in [6, 6.07) is 10.6. The highest BCUT2D eigenvalue weighted by atomic mass is 35.5. The number of alkyl halides is 4. The van der Waals surface area contributed by atoms with E-state index in [0.29, 0.717) is 9.95 Å². The number of aliphatic hydroxyl groups is 1. The number of hydrogen-bond donors (Lipinski definition) is 3. The minimum Gasteiger partial charge on any atom is -0.462 e. The van der Waals surface area contributed by atoms with Gasteiger partial charge in [-0.1, -0.05) is 41.9 Å². The number of halogens is 5. The van der Waals surface area contributed by atoms with Gasteiger partial charge in [0.1, 0.15) is 17.6 Å². The Balaban J connectivity index is 1.70. The van der Waals surface area contributed by atoms with E-state index in [1.807, 2.05) is 6.07 Å². The molecule has 4 N–H and O–H groups in total. The van der Waals surface area contributed by atoms with Gasteiger partial charge in [-0.2, -0.15) is 13.8 Å². The smallest absolute Gasteiger partial charge is 0.351 e. The molecule has 4 rings (SSSR count). The van der Waals surface area contributed by atoms with Crippen LogP contribution in [0, 0.1) is 0 Å². The van der Waals surface area contributed by atoms with Crippen molar-refractivity contribution < 1.29 is 46.0 Å². The first-order valence-electron chi connectivity index (χ1n) is 13.0. The summed E-state index contributed by atoms with van der Waals surface area (Å²) in [5, 5.41) is 14.2. The molecular formula is C26H28ClF4N4O7PS. The summed E-state index contributed by atoms with van der Waals surface area (Å²) < 4.78 is 82.2. The number of nitrogen functional groups attached to an aromatic ring is 1. The molecule has 0 aliphatic carbocycles. The van der Waals surface area contributed by atoms with Gasteiger partial charge in [0, 0.05) is 6.20 Å². The third-order valence-electron chi connectivity index (χ3n) is 6.55. The zero-order chi connectivity index (χ0) is 32.6. The second kappa shape index (κ2) is 12.9. The Morgan fingerprint density at radius 2 is 1.91 bits per heavy atom. The van der Waals surface area contributed by atoms with Crippen molar-refractivity contribution in [2.24, 2.45) is 0 Å². The molecule has 0 bridgehead atoms. The molecule has 2 aromatic carbocycles. The standard InChI is InChI=1S/C26H28ClF4N4O7PS/c1-13(2)40-22(37)14(3)34-43(44,42-17-9-8-15-6-4-5-7-16(15)10-17)39-12-25(23(28)29)26(30,31)19(36)21(41-25)35-11-18(27)20(32)33-24(35)38/h4-11,13-14,19,21,23,36H,12H2,1-3H3,(H,34,44)(H2,32,33,38)/t14-,19-,21+,25-,43?/m0/s1. The number of nitrogens with one attached hydrogen (secondary N) is 1. The predicted molar refractivity (Wildman–Crippen MR) is 156 cm³/mol. The molecule has 0 amide bonds. The van der Waals surface area contributed by atoms with Gasteiger partial charge in [-0.15, -0.1) is 0 Å². The average molecular weight is 683 g/mol. The van der Waals surface area contributed by atoms with Crippen molar-refractivity contribution in [3.8, 4) is 5.75 Å². The van der Waals surface area contributed by atoms with Crippen LogP contribution in [0.2, 0.25) is 5.02 Å². The van der Waals surface area contributed by atoms with Crippen molar-refractivity contribution in [1.82, 2.24) is 14.6 Å². The van der Waals surface area contributed by atoms with Crippen LogP contribution in [-0.2, 0) is 30.6 Å². The molecule has 1 aliphatic heterocycles. The second-order valence-electron chi connectivity index (χ2n) is 10.1. The van der Waals surface area contributed by atoms with Crippen molar-refractivity contribution in [3.63, 3.8) is 0 Å². The molecule has 1 unspecified atom stereocenters. The molecule has 0 radical (unpaired) electrons. The first-order valence-corrected chi connectivity index (χ1v) is 16.0. The second-order valence-corrected chi connectivity index (χ2v) is 13.7. The molecule has 2 heterocycles. The van der Waals surface area contributed by atoms with E-state index in [1.54, 1.807) is 44.2 Å². The number of fused-ring (bicyclic) bond motifs is 1. The quantitative estimate of drug-likeness (QED) is 0.150. The normalized spacial score (nSPS) is 23.5. The minimum absolute atomic E-state index is 0.0706. The maximum Gasteiger partial charge on any atom is 0.351 e. The lowest BCUT2D eigenvalue weighted by Crippen LogP contribution is -2.57. The molecule has 240 valence electrons. The zero-order valence-electron chi connectivity index (χ0n) is 23.3. The van der Waals surface area contributed by atoms with Gasteiger partial charge in [0.25, 0.3) is 6.43 Å². The van der Waals surface area contributed by atoms with E-state index in [2.05, 4.69) is 10.1 Å². The maximum absolute atomic E-state index is 15.6. The number of anilines is 1. The van der Waals surface area contributed by atoms with Gasteiger partial charge < -0.3 is 29.4 Å². The lowest BCUT2D eigenvalue weighted by molar-refractivity contribution is -0.241. The Morgan fingerprint density at radius 3 is 2.55 bits per heavy atom. The highest BCUT2D eigenvalue weighted by molar-refractivity contribution is 8.09. The number of nitrogens with zero attached hydrogens (tertiary/aromatic N) is 2. The lowest BCUT2D eigenvalue weighted by Gasteiger charge is -2.35. The number of benzene rings is 2. The summed E-state index contributed by atoms with van der Waals surface area (Å²) in [4.78, 5) is 28.2. The molecule has 1 saturated heterocycles. The van der Waals surface area contributed by atoms with Crippen LogP contribution in [0.4, 0.5) is 23.4 Å². The highest BCUT2D eigenvalue weighted by Crippen LogP contribution is 2.54. The Bertz CT molecular complexity index is 1650. The van der Waals surface area contributed by atoms with Gasteiger partial charge in [-0.3, -0.25) is 9.36 Å². The van der Waals surface area contributed by atoms with Gasteiger partial charge in [0.05, 0.1) is 17.7 Å². The zero-order valence-corrected chi connectivity index (χ0v) is 25.8. The summed E-state index contributed by atoms with van der Waals surface area (Å²) in [5.41, 5.74) is 0.284. The van der Waals surface area contributed by atoms with Crippen LogP contribution in [0.15, 0.2) is 53.5 Å². The summed E-state index contributed by atoms with van der Waals surface area (Å²) >= 11 is 11.3. The van der Waals surface area contributed by atoms with Crippen LogP contribution in [0.3, 0.4) is 0 Å². The molecule has 44 heavy (non-hydrogen) atoms. The third-order valence-corrected chi connectivity index (χ3v) is 9.32. The number of ether oxygens (including phenoxy) is 2. The molecule has 11 nitrogen and oxygen atoms in total. The number of hydrogen-bond acceptors (Lipinski definition) is 10. The average Bonchev–Trinajstić information content (AvgIpc) is 3.14. The molecule has 5 atom stereocenters. The fourth-order valence-electron chi connectivity index (χ4n) is 4.28. The number of carbonyl (C=O) groups excluding carboxylic acids is 1. The van der Waals surface area contributed by atoms with E-state index < -0.39 is 73.2 Å². The van der Waals surface area contributed by atoms with Crippen molar-refractivity contribution in [2.45, 2.75) is 63.2 Å². The Labute approximate surface area is 258 Å². The Kier molecular flexibility index (Phi) is 9.95. The molecule has 0 saturated carbocycles. The van der Waals surface area contributed by atoms with Crippen molar-refractivity contribution in [2.75, 3.05) is 12.3 Å². The van der Waals surface area contributed by atoms with Crippen LogP contribution in [-0.4, -0.2) is 63.4 Å². The Hall–Kier alpha value is -2.85. The molecule has 0 spiro atoms. The molecule has 3 aromatic rings. The van der Waals surface area contributed by atoms with E-state index in [1.165, 1.54) is 13.0 Å². The fraction of sp³-hybridized carbons (Fsp3) is 0.423. The van der Waals surface area contributed by atoms with E-state index in [9.17, 15) is 23.5 Å². The van der Waals surface area contributed by atoms with E-state index in [-0.39, 0.29) is 10.8 Å². The summed E-state index contributed by atoms with van der Waals surface area (Å²) in [7, 11) is 0. The van der Waals surface area contributed by atoms with Crippen LogP contribution >= 0.6 is 18.2 Å². The van der Waals surface area contributed by atoms with Crippen molar-refractivity contribution >= 4 is 52.6 Å². The van der Waals surface area contributed by atoms with Gasteiger partial charge >= 0.3 is 24.2 Å². The lowest BCUT2D eigenvalue weighted by atomic mass is 9.95. The molecule has 18 heteroatoms. The number of rotatable bonds is 11. The molecule has 1 aromatic heterocycles. The minimum atomic E-state index is -4.73. The van der Waals surface area contributed by atoms with Gasteiger partial charge in [-0.05, 0) is 55.5 Å². The predicted octanol–water partition coefficient (Wildman–Crippen LogP) is 4.41. The topological polar surface area (TPSA) is 147 Å². The van der Waals surface area contributed by atoms with Crippen LogP contribution < -0.4 is 21.0 Å². The van der Waals surface area contributed by atoms with Gasteiger partial charge in [0.15, 0.2) is 12.3 Å². The van der Waals surface area contributed by atoms with E-state index >= 15 is 8.78 Å². The fourth-order valence-corrected chi connectivity index (χ4v) is 6.84. The number of esters is 1. The highest BCUT2D eigenvalue weighted by Gasteiger charge is 2.74. The molecule has 1 fully saturated rings. The van der Waals surface area contributed by atoms with Gasteiger partial charge in [0.2, 0.25) is 5.60 Å². The van der Waals surface area contributed by atoms with Crippen LogP contribution in [0.25, 0.3) is 10.8 Å². The number of carbonyl (C=O) groups is 1. The first-order chi connectivity index (χ1) is 20.5. The third kappa shape index (κ3) is 6.71. The number of aliphatic hydroxyl groups excluding tert-OH is 1. The van der Waals surface area contributed by atoms with E-state index in [0.717, 1.165) is 11.6 Å². The van der Waals surface area contributed by atoms with Crippen LogP contribution in [0.1, 0.15) is 27.0 Å². The molecular weight excluding hydrogens is 655 g/mol. The molecule has 1 aliphatic rings. The van der Waals surface area contributed by atoms with Gasteiger partial charge in [-0.25, -0.2) is 18.7 Å². The number of aromatic nitrogens is 2. The summed E-state index contributed by atoms with van der Waals surface area (Å²) in [6.07, 6.45) is -9.19. The number of nitrogens with two attached hydrogens (primary N) is 1. The Morgan fingerprint density at radius 1 is 1.25 bits per heavy atom. The van der Waals surface area contributed by atoms with Crippen molar-refractivity contribution in [3.05, 3.63) is 64.2 Å².